The van der Waals surface area contributed by atoms with E-state index in [4.69, 9.17) is 9.97 Å². The molecule has 24 heavy (non-hydrogen) atoms. The van der Waals surface area contributed by atoms with Gasteiger partial charge in [0.1, 0.15) is 11.5 Å². The van der Waals surface area contributed by atoms with E-state index in [9.17, 15) is 10.2 Å². The number of fused-ring (bicyclic) bond motifs is 1. The summed E-state index contributed by atoms with van der Waals surface area (Å²) in [5, 5.41) is 19.2. The van der Waals surface area contributed by atoms with E-state index in [1.54, 1.807) is 6.20 Å². The Morgan fingerprint density at radius 1 is 1.17 bits per heavy atom. The lowest BCUT2D eigenvalue weighted by molar-refractivity contribution is 0.0761. The Bertz CT molecular complexity index is 702. The second kappa shape index (κ2) is 6.83. The van der Waals surface area contributed by atoms with Gasteiger partial charge in [-0.15, -0.1) is 0 Å². The quantitative estimate of drug-likeness (QED) is 0.835. The molecular formula is C18H24N4O2. The Hall–Kier alpha value is -2.05. The molecule has 0 unspecified atom stereocenters. The molecule has 128 valence electrons. The minimum absolute atomic E-state index is 0.0752. The highest BCUT2D eigenvalue weighted by Crippen LogP contribution is 2.31. The number of rotatable bonds is 6. The first-order chi connectivity index (χ1) is 11.6. The molecule has 0 atom stereocenters. The molecule has 6 heteroatoms. The van der Waals surface area contributed by atoms with Crippen molar-refractivity contribution >= 4 is 5.82 Å². The van der Waals surface area contributed by atoms with Crippen LogP contribution in [-0.4, -0.2) is 52.0 Å². The number of hydrogen-bond donors (Lipinski definition) is 2. The van der Waals surface area contributed by atoms with Gasteiger partial charge in [-0.2, -0.15) is 0 Å². The largest absolute Gasteiger partial charge is 0.396 e. The van der Waals surface area contributed by atoms with Crippen molar-refractivity contribution in [1.29, 1.82) is 0 Å². The molecular weight excluding hydrogens is 304 g/mol. The van der Waals surface area contributed by atoms with Crippen molar-refractivity contribution < 1.29 is 10.2 Å². The Morgan fingerprint density at radius 2 is 1.96 bits per heavy atom. The smallest absolute Gasteiger partial charge is 0.180 e. The number of anilines is 1. The number of aliphatic hydroxyl groups excluding tert-OH is 2. The minimum Gasteiger partial charge on any atom is -0.396 e. The molecule has 1 aliphatic rings. The zero-order valence-electron chi connectivity index (χ0n) is 14.2. The highest BCUT2D eigenvalue weighted by Gasteiger charge is 2.28. The summed E-state index contributed by atoms with van der Waals surface area (Å²) in [6, 6.07) is 5.71. The van der Waals surface area contributed by atoms with Gasteiger partial charge in [0, 0.05) is 36.5 Å². The predicted octanol–water partition coefficient (Wildman–Crippen LogP) is 1.45. The first-order valence-corrected chi connectivity index (χ1v) is 8.30. The van der Waals surface area contributed by atoms with E-state index in [1.165, 1.54) is 5.56 Å². The van der Waals surface area contributed by atoms with E-state index in [1.807, 2.05) is 37.1 Å². The van der Waals surface area contributed by atoms with Gasteiger partial charge in [0.15, 0.2) is 5.82 Å². The van der Waals surface area contributed by atoms with Crippen LogP contribution in [0.5, 0.6) is 0 Å². The number of aryl methyl sites for hydroxylation is 1. The summed E-state index contributed by atoms with van der Waals surface area (Å²) < 4.78 is 0. The standard InChI is InChI=1S/C18H24N4O2/c1-18(11-23,12-24)10-22(2)17-13-6-5-8-14(13)20-16(21-17)15-7-3-4-9-19-15/h3-4,7,9,23-24H,5-6,8,10-12H2,1-2H3. The average Bonchev–Trinajstić information content (AvgIpc) is 3.10. The summed E-state index contributed by atoms with van der Waals surface area (Å²) in [7, 11) is 1.95. The zero-order chi connectivity index (χ0) is 17.2. The molecule has 2 heterocycles. The molecule has 0 saturated carbocycles. The third kappa shape index (κ3) is 3.25. The second-order valence-electron chi connectivity index (χ2n) is 6.85. The van der Waals surface area contributed by atoms with Gasteiger partial charge in [-0.05, 0) is 31.4 Å². The van der Waals surface area contributed by atoms with Gasteiger partial charge in [-0.1, -0.05) is 13.0 Å². The molecule has 2 N–H and O–H groups in total. The van der Waals surface area contributed by atoms with Crippen molar-refractivity contribution in [3.8, 4) is 11.5 Å². The first-order valence-electron chi connectivity index (χ1n) is 8.30. The Labute approximate surface area is 142 Å². The van der Waals surface area contributed by atoms with Crippen LogP contribution in [-0.2, 0) is 12.8 Å². The molecule has 0 fully saturated rings. The lowest BCUT2D eigenvalue weighted by Gasteiger charge is -2.32. The maximum Gasteiger partial charge on any atom is 0.180 e. The number of aromatic nitrogens is 3. The average molecular weight is 328 g/mol. The molecule has 6 nitrogen and oxygen atoms in total. The molecule has 0 bridgehead atoms. The van der Waals surface area contributed by atoms with Crippen molar-refractivity contribution in [3.05, 3.63) is 35.7 Å². The summed E-state index contributed by atoms with van der Waals surface area (Å²) in [5.41, 5.74) is 2.45. The van der Waals surface area contributed by atoms with E-state index in [0.29, 0.717) is 12.4 Å². The van der Waals surface area contributed by atoms with E-state index in [0.717, 1.165) is 36.5 Å². The second-order valence-corrected chi connectivity index (χ2v) is 6.85. The van der Waals surface area contributed by atoms with Crippen LogP contribution in [0.2, 0.25) is 0 Å². The monoisotopic (exact) mass is 328 g/mol. The van der Waals surface area contributed by atoms with Crippen LogP contribution in [0.15, 0.2) is 24.4 Å². The SMILES string of the molecule is CN(CC(C)(CO)CO)c1nc(-c2ccccn2)nc2c1CCC2. The summed E-state index contributed by atoms with van der Waals surface area (Å²) in [4.78, 5) is 15.8. The summed E-state index contributed by atoms with van der Waals surface area (Å²) >= 11 is 0. The van der Waals surface area contributed by atoms with Gasteiger partial charge in [-0.3, -0.25) is 4.98 Å². The van der Waals surface area contributed by atoms with Crippen LogP contribution in [0.3, 0.4) is 0 Å². The lowest BCUT2D eigenvalue weighted by atomic mass is 9.92. The van der Waals surface area contributed by atoms with E-state index >= 15 is 0 Å². The van der Waals surface area contributed by atoms with E-state index in [2.05, 4.69) is 4.98 Å². The maximum absolute atomic E-state index is 9.58. The predicted molar refractivity (Wildman–Crippen MR) is 92.8 cm³/mol. The number of aliphatic hydroxyl groups is 2. The number of pyridine rings is 1. The first kappa shape index (κ1) is 16.8. The van der Waals surface area contributed by atoms with Crippen LogP contribution in [0, 0.1) is 5.41 Å². The highest BCUT2D eigenvalue weighted by molar-refractivity contribution is 5.58. The van der Waals surface area contributed by atoms with Gasteiger partial charge < -0.3 is 15.1 Å². The fourth-order valence-electron chi connectivity index (χ4n) is 3.14. The maximum atomic E-state index is 9.58. The van der Waals surface area contributed by atoms with E-state index < -0.39 is 5.41 Å². The summed E-state index contributed by atoms with van der Waals surface area (Å²) in [6.45, 7) is 2.23. The van der Waals surface area contributed by atoms with Crippen molar-refractivity contribution in [1.82, 2.24) is 15.0 Å². The van der Waals surface area contributed by atoms with Crippen molar-refractivity contribution in [3.63, 3.8) is 0 Å². The van der Waals surface area contributed by atoms with Crippen LogP contribution < -0.4 is 4.90 Å². The molecule has 3 rings (SSSR count). The van der Waals surface area contributed by atoms with Crippen molar-refractivity contribution in [2.45, 2.75) is 26.2 Å². The molecule has 2 aromatic heterocycles. The fraction of sp³-hybridized carbons (Fsp3) is 0.500. The zero-order valence-corrected chi connectivity index (χ0v) is 14.2. The normalized spacial score (nSPS) is 13.8. The third-order valence-electron chi connectivity index (χ3n) is 4.55. The van der Waals surface area contributed by atoms with Crippen molar-refractivity contribution in [2.75, 3.05) is 31.7 Å². The van der Waals surface area contributed by atoms with Crippen LogP contribution in [0.1, 0.15) is 24.6 Å². The van der Waals surface area contributed by atoms with Crippen LogP contribution in [0.25, 0.3) is 11.5 Å². The molecule has 0 amide bonds. The molecule has 0 aromatic carbocycles. The van der Waals surface area contributed by atoms with Gasteiger partial charge in [0.25, 0.3) is 0 Å². The fourth-order valence-corrected chi connectivity index (χ4v) is 3.14. The Morgan fingerprint density at radius 3 is 2.62 bits per heavy atom. The van der Waals surface area contributed by atoms with Gasteiger partial charge in [0.05, 0.1) is 13.2 Å². The molecule has 1 aliphatic carbocycles. The van der Waals surface area contributed by atoms with Crippen LogP contribution >= 0.6 is 0 Å². The van der Waals surface area contributed by atoms with Gasteiger partial charge in [-0.25, -0.2) is 9.97 Å². The molecule has 0 spiro atoms. The van der Waals surface area contributed by atoms with Gasteiger partial charge in [0.2, 0.25) is 0 Å². The van der Waals surface area contributed by atoms with Crippen molar-refractivity contribution in [2.24, 2.45) is 5.41 Å². The molecule has 0 aliphatic heterocycles. The number of nitrogens with zero attached hydrogens (tertiary/aromatic N) is 4. The Balaban J connectivity index is 1.99. The van der Waals surface area contributed by atoms with E-state index in [-0.39, 0.29) is 13.2 Å². The minimum atomic E-state index is -0.573. The summed E-state index contributed by atoms with van der Waals surface area (Å²) in [6.07, 6.45) is 4.74. The van der Waals surface area contributed by atoms with Crippen LogP contribution in [0.4, 0.5) is 5.82 Å². The van der Waals surface area contributed by atoms with Gasteiger partial charge >= 0.3 is 0 Å². The highest BCUT2D eigenvalue weighted by atomic mass is 16.3. The third-order valence-corrected chi connectivity index (χ3v) is 4.55. The lowest BCUT2D eigenvalue weighted by Crippen LogP contribution is -2.39. The molecule has 2 aromatic rings. The number of hydrogen-bond acceptors (Lipinski definition) is 6. The Kier molecular flexibility index (Phi) is 4.78. The molecule has 0 saturated heterocycles. The molecule has 0 radical (unpaired) electrons. The topological polar surface area (TPSA) is 82.4 Å². The summed E-state index contributed by atoms with van der Waals surface area (Å²) in [5.74, 6) is 1.51.